The molecule has 4 rings (SSSR count). The van der Waals surface area contributed by atoms with Crippen molar-refractivity contribution in [3.8, 4) is 0 Å². The maximum Gasteiger partial charge on any atom is 0.359 e. The van der Waals surface area contributed by atoms with Gasteiger partial charge in [0.2, 0.25) is 10.0 Å². The molecule has 1 atom stereocenters. The van der Waals surface area contributed by atoms with Crippen LogP contribution in [0.25, 0.3) is 10.8 Å². The minimum atomic E-state index is -3.86. The Hall–Kier alpha value is -3.57. The van der Waals surface area contributed by atoms with Crippen LogP contribution in [-0.4, -0.2) is 42.7 Å². The van der Waals surface area contributed by atoms with Crippen molar-refractivity contribution < 1.29 is 22.7 Å². The van der Waals surface area contributed by atoms with E-state index in [2.05, 4.69) is 5.10 Å². The number of carbonyl (C=O) groups excluding carboxylic acids is 2. The molecule has 2 N–H and O–H groups in total. The largest absolute Gasteiger partial charge is 0.451 e. The van der Waals surface area contributed by atoms with E-state index in [-0.39, 0.29) is 28.7 Å². The van der Waals surface area contributed by atoms with Gasteiger partial charge in [0.25, 0.3) is 11.5 Å². The molecule has 0 saturated heterocycles. The first-order valence-corrected chi connectivity index (χ1v) is 11.8. The Morgan fingerprint density at radius 3 is 2.55 bits per heavy atom. The van der Waals surface area contributed by atoms with Gasteiger partial charge in [-0.1, -0.05) is 18.2 Å². The molecule has 0 unspecified atom stereocenters. The number of esters is 1. The Morgan fingerprint density at radius 1 is 1.18 bits per heavy atom. The van der Waals surface area contributed by atoms with E-state index >= 15 is 0 Å². The van der Waals surface area contributed by atoms with E-state index in [1.165, 1.54) is 27.8 Å². The second kappa shape index (κ2) is 8.41. The number of anilines is 1. The van der Waals surface area contributed by atoms with Gasteiger partial charge in [-0.3, -0.25) is 9.59 Å². The number of carbonyl (C=O) groups is 2. The molecule has 11 heteroatoms. The highest BCUT2D eigenvalue weighted by molar-refractivity contribution is 7.89. The average molecular weight is 471 g/mol. The predicted molar refractivity (Wildman–Crippen MR) is 120 cm³/mol. The monoisotopic (exact) mass is 470 g/mol. The molecule has 3 aromatic rings. The van der Waals surface area contributed by atoms with E-state index in [1.807, 2.05) is 6.92 Å². The maximum atomic E-state index is 12.9. The second-order valence-corrected chi connectivity index (χ2v) is 9.31. The van der Waals surface area contributed by atoms with Crippen LogP contribution in [0.4, 0.5) is 5.69 Å². The SMILES string of the molecule is CCn1nc(C(=O)OCC(=O)N2c3ccc(S(N)(=O)=O)cc3C[C@@H]2C)c2ccccc2c1=O. The van der Waals surface area contributed by atoms with Gasteiger partial charge in [0.1, 0.15) is 0 Å². The highest BCUT2D eigenvalue weighted by Crippen LogP contribution is 2.33. The van der Waals surface area contributed by atoms with Crippen LogP contribution in [0.2, 0.25) is 0 Å². The van der Waals surface area contributed by atoms with Crippen LogP contribution >= 0.6 is 0 Å². The summed E-state index contributed by atoms with van der Waals surface area (Å²) in [5.74, 6) is -1.29. The summed E-state index contributed by atoms with van der Waals surface area (Å²) in [5, 5.41) is 9.99. The van der Waals surface area contributed by atoms with Gasteiger partial charge in [0.05, 0.1) is 10.3 Å². The summed E-state index contributed by atoms with van der Waals surface area (Å²) in [6.07, 6.45) is 0.437. The first kappa shape index (κ1) is 22.6. The molecule has 0 fully saturated rings. The van der Waals surface area contributed by atoms with Crippen LogP contribution < -0.4 is 15.6 Å². The molecule has 0 bridgehead atoms. The third-order valence-electron chi connectivity index (χ3n) is 5.55. The molecule has 0 radical (unpaired) electrons. The van der Waals surface area contributed by atoms with Gasteiger partial charge in [-0.15, -0.1) is 0 Å². The maximum absolute atomic E-state index is 12.9. The minimum absolute atomic E-state index is 0.0295. The van der Waals surface area contributed by atoms with Crippen LogP contribution in [-0.2, 0) is 32.5 Å². The molecule has 172 valence electrons. The molecule has 1 aliphatic heterocycles. The number of benzene rings is 2. The van der Waals surface area contributed by atoms with E-state index in [9.17, 15) is 22.8 Å². The van der Waals surface area contributed by atoms with Crippen molar-refractivity contribution in [2.45, 2.75) is 37.8 Å². The van der Waals surface area contributed by atoms with E-state index in [0.717, 1.165) is 0 Å². The Kier molecular flexibility index (Phi) is 5.76. The summed E-state index contributed by atoms with van der Waals surface area (Å²) in [5.41, 5.74) is 0.838. The first-order chi connectivity index (χ1) is 15.6. The molecule has 0 saturated carbocycles. The lowest BCUT2D eigenvalue weighted by atomic mass is 10.1. The summed E-state index contributed by atoms with van der Waals surface area (Å²) in [6.45, 7) is 3.27. The van der Waals surface area contributed by atoms with Crippen molar-refractivity contribution in [3.05, 3.63) is 64.1 Å². The van der Waals surface area contributed by atoms with Crippen LogP contribution in [0.3, 0.4) is 0 Å². The third-order valence-corrected chi connectivity index (χ3v) is 6.46. The zero-order chi connectivity index (χ0) is 23.9. The summed E-state index contributed by atoms with van der Waals surface area (Å²) < 4.78 is 29.7. The standard InChI is InChI=1S/C22H22N4O6S/c1-3-25-21(28)17-7-5-4-6-16(17)20(24-25)22(29)32-12-19(27)26-13(2)10-14-11-15(33(23,30)31)8-9-18(14)26/h4-9,11,13H,3,10,12H2,1-2H3,(H2,23,30,31)/t13-/m0/s1. The fraction of sp³-hybridized carbons (Fsp3) is 0.273. The van der Waals surface area contributed by atoms with Gasteiger partial charge in [0, 0.05) is 23.7 Å². The van der Waals surface area contributed by atoms with Gasteiger partial charge in [-0.25, -0.2) is 23.0 Å². The van der Waals surface area contributed by atoms with Crippen molar-refractivity contribution in [1.82, 2.24) is 9.78 Å². The molecule has 0 aliphatic carbocycles. The predicted octanol–water partition coefficient (Wildman–Crippen LogP) is 1.20. The Morgan fingerprint density at radius 2 is 1.88 bits per heavy atom. The topological polar surface area (TPSA) is 142 Å². The number of sulfonamides is 1. The zero-order valence-corrected chi connectivity index (χ0v) is 18.8. The smallest absolute Gasteiger partial charge is 0.359 e. The molecular formula is C22H22N4O6S. The van der Waals surface area contributed by atoms with Crippen molar-refractivity contribution in [3.63, 3.8) is 0 Å². The van der Waals surface area contributed by atoms with E-state index in [4.69, 9.17) is 9.88 Å². The summed E-state index contributed by atoms with van der Waals surface area (Å²) in [7, 11) is -3.86. The number of rotatable bonds is 5. The minimum Gasteiger partial charge on any atom is -0.451 e. The highest BCUT2D eigenvalue weighted by Gasteiger charge is 2.32. The third kappa shape index (κ3) is 4.12. The van der Waals surface area contributed by atoms with Crippen molar-refractivity contribution in [2.24, 2.45) is 5.14 Å². The molecule has 0 spiro atoms. The number of nitrogens with zero attached hydrogens (tertiary/aromatic N) is 3. The average Bonchev–Trinajstić information content (AvgIpc) is 3.12. The first-order valence-electron chi connectivity index (χ1n) is 10.3. The van der Waals surface area contributed by atoms with Gasteiger partial charge in [-0.05, 0) is 50.1 Å². The molecular weight excluding hydrogens is 448 g/mol. The van der Waals surface area contributed by atoms with Crippen LogP contribution in [0, 0.1) is 0 Å². The summed E-state index contributed by atoms with van der Waals surface area (Å²) in [6, 6.07) is 10.6. The number of aromatic nitrogens is 2. The summed E-state index contributed by atoms with van der Waals surface area (Å²) >= 11 is 0. The zero-order valence-electron chi connectivity index (χ0n) is 18.0. The Bertz CT molecular complexity index is 1450. The molecule has 1 aromatic heterocycles. The molecule has 2 aromatic carbocycles. The number of nitrogens with two attached hydrogens (primary N) is 1. The molecule has 2 heterocycles. The summed E-state index contributed by atoms with van der Waals surface area (Å²) in [4.78, 5) is 39.6. The number of amides is 1. The number of primary sulfonamides is 1. The van der Waals surface area contributed by atoms with Crippen LogP contribution in [0.15, 0.2) is 52.2 Å². The number of hydrogen-bond donors (Lipinski definition) is 1. The van der Waals surface area contributed by atoms with Crippen molar-refractivity contribution >= 4 is 38.4 Å². The molecule has 10 nitrogen and oxygen atoms in total. The second-order valence-electron chi connectivity index (χ2n) is 7.74. The highest BCUT2D eigenvalue weighted by atomic mass is 32.2. The molecule has 33 heavy (non-hydrogen) atoms. The Labute approximate surface area is 189 Å². The van der Waals surface area contributed by atoms with E-state index in [1.54, 1.807) is 31.2 Å². The van der Waals surface area contributed by atoms with Gasteiger partial charge in [0.15, 0.2) is 12.3 Å². The van der Waals surface area contributed by atoms with Crippen LogP contribution in [0.5, 0.6) is 0 Å². The van der Waals surface area contributed by atoms with Crippen molar-refractivity contribution in [1.29, 1.82) is 0 Å². The number of hydrogen-bond acceptors (Lipinski definition) is 7. The lowest BCUT2D eigenvalue weighted by Crippen LogP contribution is -2.39. The fourth-order valence-corrected chi connectivity index (χ4v) is 4.59. The van der Waals surface area contributed by atoms with Crippen molar-refractivity contribution in [2.75, 3.05) is 11.5 Å². The fourth-order valence-electron chi connectivity index (χ4n) is 4.03. The van der Waals surface area contributed by atoms with Gasteiger partial charge < -0.3 is 9.64 Å². The lowest BCUT2D eigenvalue weighted by Gasteiger charge is -2.22. The van der Waals surface area contributed by atoms with E-state index < -0.39 is 28.5 Å². The molecule has 1 aliphatic rings. The number of ether oxygens (including phenoxy) is 1. The molecule has 1 amide bonds. The lowest BCUT2D eigenvalue weighted by molar-refractivity contribution is -0.122. The quantitative estimate of drug-likeness (QED) is 0.552. The normalized spacial score (nSPS) is 15.5. The Balaban J connectivity index is 1.57. The van der Waals surface area contributed by atoms with Gasteiger partial charge in [-0.2, -0.15) is 5.10 Å². The number of aryl methyl sites for hydroxylation is 1. The van der Waals surface area contributed by atoms with Crippen LogP contribution in [0.1, 0.15) is 29.9 Å². The number of fused-ring (bicyclic) bond motifs is 2. The van der Waals surface area contributed by atoms with E-state index in [0.29, 0.717) is 28.4 Å². The van der Waals surface area contributed by atoms with Gasteiger partial charge >= 0.3 is 5.97 Å².